The van der Waals surface area contributed by atoms with Crippen molar-refractivity contribution in [3.8, 4) is 17.6 Å². The molecule has 3 aliphatic carbocycles. The van der Waals surface area contributed by atoms with Gasteiger partial charge in [0.05, 0.1) is 11.1 Å². The number of primary amides is 1. The van der Waals surface area contributed by atoms with E-state index in [2.05, 4.69) is 11.8 Å². The van der Waals surface area contributed by atoms with Crippen molar-refractivity contribution in [2.24, 2.45) is 17.6 Å². The number of carbonyl (C=O) groups excluding carboxylic acids is 3. The van der Waals surface area contributed by atoms with Gasteiger partial charge in [-0.15, -0.1) is 0 Å². The zero-order valence-corrected chi connectivity index (χ0v) is 20.9. The first-order chi connectivity index (χ1) is 18.0. The van der Waals surface area contributed by atoms with E-state index in [9.17, 15) is 34.8 Å². The third kappa shape index (κ3) is 3.62. The van der Waals surface area contributed by atoms with Gasteiger partial charge in [0.2, 0.25) is 5.78 Å². The van der Waals surface area contributed by atoms with E-state index in [0.29, 0.717) is 5.56 Å². The average Bonchev–Trinajstić information content (AvgIpc) is 2.86. The maximum Gasteiger partial charge on any atom is 0.255 e. The lowest BCUT2D eigenvalue weighted by molar-refractivity contribution is -0.147. The van der Waals surface area contributed by atoms with E-state index in [4.69, 9.17) is 5.73 Å². The maximum atomic E-state index is 13.7. The Morgan fingerprint density at radius 1 is 1.08 bits per heavy atom. The molecular formula is C30H27NO7. The number of benzene rings is 2. The standard InChI is InChI=1S/C30H27NO7/c1-14(2)19-11-16(9-8-15-6-4-3-5-7-15)25(33)23-20(19)12-17-10-18-13-21(32)24(29(31)37)28(36)30(18,38)27(35)22(17)26(23)34/h3-7,11,14,17-18,33-34,36,38H,10,12-13H2,1-2H3,(H2,31,37)/t17-,18+,30+/m1/s1. The quantitative estimate of drug-likeness (QED) is 0.305. The average molecular weight is 514 g/mol. The second-order valence-corrected chi connectivity index (χ2v) is 10.4. The molecule has 6 N–H and O–H groups in total. The smallest absolute Gasteiger partial charge is 0.255 e. The van der Waals surface area contributed by atoms with E-state index in [0.717, 1.165) is 11.1 Å². The van der Waals surface area contributed by atoms with Gasteiger partial charge in [-0.05, 0) is 54.0 Å². The van der Waals surface area contributed by atoms with Crippen LogP contribution in [0.4, 0.5) is 0 Å². The number of hydrogen-bond donors (Lipinski definition) is 5. The van der Waals surface area contributed by atoms with Crippen LogP contribution in [0.25, 0.3) is 5.76 Å². The van der Waals surface area contributed by atoms with Crippen molar-refractivity contribution in [3.05, 3.63) is 81.1 Å². The second-order valence-electron chi connectivity index (χ2n) is 10.4. The number of ketones is 2. The van der Waals surface area contributed by atoms with Crippen LogP contribution in [-0.4, -0.2) is 43.5 Å². The highest BCUT2D eigenvalue weighted by Gasteiger charge is 2.60. The Morgan fingerprint density at radius 2 is 1.76 bits per heavy atom. The summed E-state index contributed by atoms with van der Waals surface area (Å²) in [5.41, 5.74) is 4.23. The van der Waals surface area contributed by atoms with Crippen LogP contribution in [0.2, 0.25) is 0 Å². The van der Waals surface area contributed by atoms with Crippen LogP contribution in [0, 0.1) is 23.7 Å². The van der Waals surface area contributed by atoms with E-state index in [1.54, 1.807) is 6.07 Å². The van der Waals surface area contributed by atoms with Gasteiger partial charge in [-0.2, -0.15) is 0 Å². The fraction of sp³-hybridized carbons (Fsp3) is 0.300. The van der Waals surface area contributed by atoms with Crippen LogP contribution in [0.1, 0.15) is 60.4 Å². The van der Waals surface area contributed by atoms with Crippen LogP contribution < -0.4 is 5.73 Å². The predicted molar refractivity (Wildman–Crippen MR) is 138 cm³/mol. The Morgan fingerprint density at radius 3 is 2.39 bits per heavy atom. The zero-order valence-electron chi connectivity index (χ0n) is 20.9. The van der Waals surface area contributed by atoms with Gasteiger partial charge in [0.25, 0.3) is 5.91 Å². The lowest BCUT2D eigenvalue weighted by Gasteiger charge is -2.46. The Bertz CT molecular complexity index is 1540. The minimum atomic E-state index is -2.59. The lowest BCUT2D eigenvalue weighted by atomic mass is 9.59. The Balaban J connectivity index is 1.71. The predicted octanol–water partition coefficient (Wildman–Crippen LogP) is 2.95. The van der Waals surface area contributed by atoms with Crippen LogP contribution in [0.15, 0.2) is 53.3 Å². The normalized spacial score (nSPS) is 24.4. The number of nitrogens with two attached hydrogens (primary N) is 1. The van der Waals surface area contributed by atoms with Crippen molar-refractivity contribution in [3.63, 3.8) is 0 Å². The van der Waals surface area contributed by atoms with E-state index >= 15 is 0 Å². The summed E-state index contributed by atoms with van der Waals surface area (Å²) in [6, 6.07) is 11.0. The molecule has 38 heavy (non-hydrogen) atoms. The molecule has 8 heteroatoms. The summed E-state index contributed by atoms with van der Waals surface area (Å²) in [7, 11) is 0. The molecule has 0 unspecified atom stereocenters. The maximum absolute atomic E-state index is 13.7. The van der Waals surface area contributed by atoms with Gasteiger partial charge in [-0.25, -0.2) is 0 Å². The molecule has 2 aromatic carbocycles. The Hall–Kier alpha value is -4.35. The summed E-state index contributed by atoms with van der Waals surface area (Å²) in [6.07, 6.45) is 0.0108. The van der Waals surface area contributed by atoms with Crippen LogP contribution in [0.5, 0.6) is 5.75 Å². The second kappa shape index (κ2) is 8.89. The highest BCUT2D eigenvalue weighted by atomic mass is 16.3. The number of rotatable bonds is 2. The molecular weight excluding hydrogens is 486 g/mol. The number of amides is 1. The van der Waals surface area contributed by atoms with Gasteiger partial charge in [-0.1, -0.05) is 43.9 Å². The van der Waals surface area contributed by atoms with Crippen molar-refractivity contribution in [1.82, 2.24) is 0 Å². The van der Waals surface area contributed by atoms with Crippen molar-refractivity contribution in [2.75, 3.05) is 0 Å². The molecule has 5 rings (SSSR count). The first-order valence-electron chi connectivity index (χ1n) is 12.4. The Kier molecular flexibility index (Phi) is 5.92. The van der Waals surface area contributed by atoms with E-state index in [1.165, 1.54) is 0 Å². The summed E-state index contributed by atoms with van der Waals surface area (Å²) >= 11 is 0. The molecule has 0 bridgehead atoms. The summed E-state index contributed by atoms with van der Waals surface area (Å²) < 4.78 is 0. The van der Waals surface area contributed by atoms with Gasteiger partial charge in [0.1, 0.15) is 22.8 Å². The largest absolute Gasteiger partial charge is 0.508 e. The zero-order chi connectivity index (χ0) is 27.5. The molecule has 8 nitrogen and oxygen atoms in total. The van der Waals surface area contributed by atoms with Crippen LogP contribution in [-0.2, 0) is 20.8 Å². The molecule has 2 aromatic rings. The topological polar surface area (TPSA) is 158 Å². The monoisotopic (exact) mass is 513 g/mol. The van der Waals surface area contributed by atoms with Crippen molar-refractivity contribution < 1.29 is 34.8 Å². The number of carbonyl (C=O) groups is 3. The molecule has 3 atom stereocenters. The number of aliphatic hydroxyl groups excluding tert-OH is 2. The minimum absolute atomic E-state index is 0.00596. The van der Waals surface area contributed by atoms with Gasteiger partial charge in [0.15, 0.2) is 11.4 Å². The van der Waals surface area contributed by atoms with Crippen molar-refractivity contribution in [1.29, 1.82) is 0 Å². The first-order valence-corrected chi connectivity index (χ1v) is 12.4. The van der Waals surface area contributed by atoms with Gasteiger partial charge >= 0.3 is 0 Å². The van der Waals surface area contributed by atoms with Gasteiger partial charge in [-0.3, -0.25) is 14.4 Å². The summed E-state index contributed by atoms with van der Waals surface area (Å²) in [5, 5.41) is 44.8. The molecule has 0 aliphatic heterocycles. The van der Waals surface area contributed by atoms with Gasteiger partial charge < -0.3 is 26.2 Å². The van der Waals surface area contributed by atoms with Crippen molar-refractivity contribution in [2.45, 2.75) is 44.6 Å². The molecule has 3 aliphatic rings. The Labute approximate surface area is 219 Å². The molecule has 0 spiro atoms. The molecule has 1 fully saturated rings. The van der Waals surface area contributed by atoms with Crippen molar-refractivity contribution >= 4 is 23.2 Å². The highest BCUT2D eigenvalue weighted by Crippen LogP contribution is 2.53. The van der Waals surface area contributed by atoms with E-state index < -0.39 is 52.0 Å². The molecule has 1 saturated carbocycles. The molecule has 1 amide bonds. The molecule has 0 radical (unpaired) electrons. The lowest BCUT2D eigenvalue weighted by Crippen LogP contribution is -2.58. The summed E-state index contributed by atoms with van der Waals surface area (Å²) in [6.45, 7) is 3.94. The molecule has 0 saturated heterocycles. The summed E-state index contributed by atoms with van der Waals surface area (Å²) in [5.74, 6) is -0.534. The third-order valence-corrected chi connectivity index (χ3v) is 7.84. The number of aliphatic hydroxyl groups is 3. The minimum Gasteiger partial charge on any atom is -0.508 e. The molecule has 0 aromatic heterocycles. The number of aromatic hydroxyl groups is 1. The number of Topliss-reactive ketones (excluding diaryl/α,β-unsaturated/α-hetero) is 2. The third-order valence-electron chi connectivity index (χ3n) is 7.84. The van der Waals surface area contributed by atoms with E-state index in [-0.39, 0.29) is 47.6 Å². The number of phenols is 1. The SMILES string of the molecule is CC(C)c1cc(C#Cc2ccccc2)c(O)c2c1C[C@H]1C[C@H]3CC(=O)C(C(N)=O)=C(O)[C@@]3(O)C(=O)C1=C2O. The fourth-order valence-corrected chi connectivity index (χ4v) is 5.99. The summed E-state index contributed by atoms with van der Waals surface area (Å²) in [4.78, 5) is 38.0. The fourth-order valence-electron chi connectivity index (χ4n) is 5.99. The number of hydrogen-bond acceptors (Lipinski definition) is 7. The highest BCUT2D eigenvalue weighted by molar-refractivity contribution is 6.22. The van der Waals surface area contributed by atoms with Crippen LogP contribution >= 0.6 is 0 Å². The van der Waals surface area contributed by atoms with Crippen LogP contribution in [0.3, 0.4) is 0 Å². The number of fused-ring (bicyclic) bond motifs is 3. The number of phenolic OH excluding ortho intramolecular Hbond substituents is 1. The van der Waals surface area contributed by atoms with Gasteiger partial charge in [0, 0.05) is 23.5 Å². The first kappa shape index (κ1) is 25.3. The molecule has 194 valence electrons. The van der Waals surface area contributed by atoms with E-state index in [1.807, 2.05) is 44.2 Å². The molecule has 0 heterocycles.